The number of pyridine rings is 1. The van der Waals surface area contributed by atoms with E-state index in [-0.39, 0.29) is 22.5 Å². The Bertz CT molecular complexity index is 1570. The normalized spacial score (nSPS) is 11.2. The van der Waals surface area contributed by atoms with E-state index in [1.807, 2.05) is 24.3 Å². The maximum atomic E-state index is 12.6. The Balaban J connectivity index is 2.26. The van der Waals surface area contributed by atoms with Crippen molar-refractivity contribution in [2.75, 3.05) is 11.9 Å². The standard InChI is InChI=1S/C34H39N4OS.Sn.3H/c1-5-8-14-23-21-24(15-9-6-2)30-32(25(23)16-10-7-3)37-31(26-17-11-12-18-27(26)34(36)39)28(22-35)33(30)38(4)29-19-13-20-40-29;;;;/h11-13,17-20H,5-10,14-16H2,1-4H3,(H2,36,39);;;;. The number of aryl methyl sites for hydroxylation is 2. The molecule has 41 heavy (non-hydrogen) atoms. The van der Waals surface area contributed by atoms with Gasteiger partial charge in [0.25, 0.3) is 0 Å². The second-order valence-electron chi connectivity index (χ2n) is 10.8. The van der Waals surface area contributed by atoms with E-state index in [1.54, 1.807) is 21.0 Å². The monoisotopic (exact) mass is 674 g/mol. The van der Waals surface area contributed by atoms with Crippen molar-refractivity contribution in [1.82, 2.24) is 4.98 Å². The number of unbranched alkanes of at least 4 members (excludes halogenated alkanes) is 3. The van der Waals surface area contributed by atoms with Crippen molar-refractivity contribution in [2.45, 2.75) is 78.6 Å². The van der Waals surface area contributed by atoms with Crippen molar-refractivity contribution < 1.29 is 4.79 Å². The van der Waals surface area contributed by atoms with Crippen molar-refractivity contribution in [3.63, 3.8) is 0 Å². The van der Waals surface area contributed by atoms with Crippen LogP contribution in [0.15, 0.2) is 41.8 Å². The Morgan fingerprint density at radius 2 is 1.61 bits per heavy atom. The number of aromatic nitrogens is 1. The van der Waals surface area contributed by atoms with Gasteiger partial charge in [0.2, 0.25) is 0 Å². The van der Waals surface area contributed by atoms with E-state index in [2.05, 4.69) is 50.2 Å². The summed E-state index contributed by atoms with van der Waals surface area (Å²) in [4.78, 5) is 20.1. The number of hydrogen-bond donors (Lipinski definition) is 1. The van der Waals surface area contributed by atoms with E-state index >= 15 is 0 Å². The number of nitriles is 1. The molecule has 0 saturated carbocycles. The fraction of sp³-hybridized carbons (Fsp3) is 0.382. The molecule has 5 nitrogen and oxygen atoms in total. The average molecular weight is 674 g/mol. The molecule has 1 amide bonds. The van der Waals surface area contributed by atoms with Gasteiger partial charge in [0, 0.05) is 0 Å². The molecule has 0 spiro atoms. The zero-order valence-electron chi connectivity index (χ0n) is 25.1. The minimum absolute atomic E-state index is 0.252. The second-order valence-corrected chi connectivity index (χ2v) is 14.6. The summed E-state index contributed by atoms with van der Waals surface area (Å²) in [7, 11) is 2.06. The van der Waals surface area contributed by atoms with Crippen LogP contribution in [-0.4, -0.2) is 40.5 Å². The molecule has 0 bridgehead atoms. The molecule has 0 aliphatic rings. The fourth-order valence-electron chi connectivity index (χ4n) is 5.91. The molecule has 0 atom stereocenters. The van der Waals surface area contributed by atoms with Crippen molar-refractivity contribution in [1.29, 1.82) is 5.26 Å². The van der Waals surface area contributed by atoms with Gasteiger partial charge in [-0.3, -0.25) is 0 Å². The predicted octanol–water partition coefficient (Wildman–Crippen LogP) is 6.72. The van der Waals surface area contributed by atoms with E-state index in [1.165, 1.54) is 16.7 Å². The fourth-order valence-corrected chi connectivity index (χ4v) is 9.61. The molecule has 0 aliphatic carbocycles. The molecule has 214 valence electrons. The topological polar surface area (TPSA) is 83.0 Å². The minimum atomic E-state index is -0.518. The maximum absolute atomic E-state index is 12.6. The number of hydrogen-bond acceptors (Lipinski definition) is 5. The van der Waals surface area contributed by atoms with E-state index in [0.717, 1.165) is 79.4 Å². The van der Waals surface area contributed by atoms with Crippen LogP contribution in [-0.2, 0) is 19.3 Å². The number of primary amides is 1. The van der Waals surface area contributed by atoms with Gasteiger partial charge in [-0.05, 0) is 0 Å². The first-order valence-electron chi connectivity index (χ1n) is 15.0. The van der Waals surface area contributed by atoms with Gasteiger partial charge >= 0.3 is 263 Å². The van der Waals surface area contributed by atoms with Gasteiger partial charge in [0.1, 0.15) is 0 Å². The van der Waals surface area contributed by atoms with Gasteiger partial charge in [-0.2, -0.15) is 0 Å². The summed E-state index contributed by atoms with van der Waals surface area (Å²) in [6.45, 7) is 6.74. The number of carbonyl (C=O) groups is 1. The second kappa shape index (κ2) is 14.3. The summed E-state index contributed by atoms with van der Waals surface area (Å²) >= 11 is 1.91. The number of benzene rings is 2. The molecule has 4 rings (SSSR count). The molecule has 0 fully saturated rings. The van der Waals surface area contributed by atoms with Crippen LogP contribution in [0.4, 0.5) is 10.7 Å². The first-order chi connectivity index (χ1) is 19.9. The van der Waals surface area contributed by atoms with Crippen molar-refractivity contribution in [2.24, 2.45) is 5.73 Å². The summed E-state index contributed by atoms with van der Waals surface area (Å²) < 4.78 is 1.56. The number of anilines is 2. The van der Waals surface area contributed by atoms with Crippen molar-refractivity contribution in [3.05, 3.63) is 69.6 Å². The molecule has 0 aliphatic heterocycles. The molecule has 2 N–H and O–H groups in total. The molecular formula is C34H42N4OSSn. The Labute approximate surface area is 261 Å². The molecule has 2 heterocycles. The van der Waals surface area contributed by atoms with Crippen LogP contribution in [0.2, 0.25) is 0 Å². The van der Waals surface area contributed by atoms with Crippen molar-refractivity contribution >= 4 is 64.9 Å². The molecule has 4 aromatic rings. The summed E-state index contributed by atoms with van der Waals surface area (Å²) in [6, 6.07) is 14.0. The summed E-state index contributed by atoms with van der Waals surface area (Å²) in [5.74, 6) is -0.518. The van der Waals surface area contributed by atoms with E-state index in [9.17, 15) is 10.1 Å². The van der Waals surface area contributed by atoms with Crippen LogP contribution in [0.25, 0.3) is 22.2 Å². The van der Waals surface area contributed by atoms with Gasteiger partial charge in [-0.25, -0.2) is 0 Å². The van der Waals surface area contributed by atoms with Crippen LogP contribution in [0.5, 0.6) is 0 Å². The number of amides is 1. The molecule has 0 unspecified atom stereocenters. The Hall–Kier alpha value is -2.89. The number of thiophene rings is 1. The van der Waals surface area contributed by atoms with E-state index in [4.69, 9.17) is 10.7 Å². The third-order valence-electron chi connectivity index (χ3n) is 8.10. The third kappa shape index (κ3) is 6.31. The summed E-state index contributed by atoms with van der Waals surface area (Å²) in [6.07, 6.45) is 9.71. The molecule has 0 radical (unpaired) electrons. The van der Waals surface area contributed by atoms with Gasteiger partial charge < -0.3 is 0 Å². The number of carbonyl (C=O) groups excluding carboxylic acids is 1. The zero-order valence-corrected chi connectivity index (χ0v) is 31.7. The van der Waals surface area contributed by atoms with E-state index in [0.29, 0.717) is 22.4 Å². The number of rotatable bonds is 13. The number of fused-ring (bicyclic) bond motifs is 1. The SMILES string of the molecule is CCCCc1[c]([SnH3])c(CCCC)c2c(N(C)c3cccs3)c(C#N)c(-c3ccccc3C(N)=O)nc2c1CCCC. The van der Waals surface area contributed by atoms with Gasteiger partial charge in [-0.15, -0.1) is 0 Å². The summed E-state index contributed by atoms with van der Waals surface area (Å²) in [5, 5.41) is 15.1. The Kier molecular flexibility index (Phi) is 10.9. The predicted molar refractivity (Wildman–Crippen MR) is 178 cm³/mol. The average Bonchev–Trinajstić information content (AvgIpc) is 3.53. The van der Waals surface area contributed by atoms with Crippen LogP contribution in [0.1, 0.15) is 91.9 Å². The number of nitrogens with two attached hydrogens (primary N) is 1. The van der Waals surface area contributed by atoms with E-state index < -0.39 is 5.91 Å². The van der Waals surface area contributed by atoms with Gasteiger partial charge in [-0.1, -0.05) is 0 Å². The third-order valence-corrected chi connectivity index (χ3v) is 12.5. The van der Waals surface area contributed by atoms with Crippen LogP contribution < -0.4 is 14.2 Å². The van der Waals surface area contributed by atoms with Gasteiger partial charge in [0.05, 0.1) is 0 Å². The van der Waals surface area contributed by atoms with Crippen molar-refractivity contribution in [3.8, 4) is 17.3 Å². The first-order valence-corrected chi connectivity index (χ1v) is 18.7. The summed E-state index contributed by atoms with van der Waals surface area (Å²) in [5.41, 5.74) is 14.0. The Morgan fingerprint density at radius 3 is 2.20 bits per heavy atom. The van der Waals surface area contributed by atoms with Crippen LogP contribution in [0.3, 0.4) is 0 Å². The number of nitrogens with zero attached hydrogens (tertiary/aromatic N) is 3. The van der Waals surface area contributed by atoms with Gasteiger partial charge in [0.15, 0.2) is 0 Å². The first kappa shape index (κ1) is 31.1. The van der Waals surface area contributed by atoms with Crippen LogP contribution >= 0.6 is 11.3 Å². The molecular weight excluding hydrogens is 631 g/mol. The molecule has 7 heteroatoms. The quantitative estimate of drug-likeness (QED) is 0.160. The molecule has 0 saturated heterocycles. The molecule has 2 aromatic heterocycles. The zero-order chi connectivity index (χ0) is 29.5. The molecule has 2 aromatic carbocycles. The Morgan fingerprint density at radius 1 is 0.976 bits per heavy atom. The van der Waals surface area contributed by atoms with Crippen LogP contribution in [0, 0.1) is 11.3 Å².